The minimum atomic E-state index is -3.40. The van der Waals surface area contributed by atoms with Crippen LogP contribution in [-0.2, 0) is 19.4 Å². The van der Waals surface area contributed by atoms with E-state index in [9.17, 15) is 18.0 Å². The lowest BCUT2D eigenvalue weighted by Gasteiger charge is -2.05. The molecular formula is C12H11NO7S2. The van der Waals surface area contributed by atoms with Crippen molar-refractivity contribution in [2.75, 3.05) is 6.26 Å². The molecular weight excluding hydrogens is 334 g/mol. The van der Waals surface area contributed by atoms with Crippen LogP contribution in [0, 0.1) is 0 Å². The zero-order chi connectivity index (χ0) is 16.5. The molecule has 1 aromatic heterocycles. The molecule has 0 aliphatic heterocycles. The Morgan fingerprint density at radius 2 is 2.05 bits per heavy atom. The Kier molecular flexibility index (Phi) is 4.42. The lowest BCUT2D eigenvalue weighted by molar-refractivity contribution is -0.142. The van der Waals surface area contributed by atoms with Crippen LogP contribution in [0.4, 0.5) is 0 Å². The van der Waals surface area contributed by atoms with Gasteiger partial charge in [0.05, 0.1) is 11.3 Å². The number of aliphatic carboxylic acids is 2. The molecule has 2 rings (SSSR count). The van der Waals surface area contributed by atoms with E-state index in [1.165, 1.54) is 18.2 Å². The van der Waals surface area contributed by atoms with Crippen molar-refractivity contribution in [3.63, 3.8) is 0 Å². The van der Waals surface area contributed by atoms with Gasteiger partial charge in [-0.25, -0.2) is 13.4 Å². The van der Waals surface area contributed by atoms with Crippen LogP contribution in [-0.4, -0.2) is 47.1 Å². The largest absolute Gasteiger partial charge is 0.481 e. The maximum Gasteiger partial charge on any atom is 0.317 e. The van der Waals surface area contributed by atoms with E-state index >= 15 is 0 Å². The van der Waals surface area contributed by atoms with Gasteiger partial charge in [-0.3, -0.25) is 9.59 Å². The summed E-state index contributed by atoms with van der Waals surface area (Å²) >= 11 is 0.657. The zero-order valence-corrected chi connectivity index (χ0v) is 12.8. The van der Waals surface area contributed by atoms with Gasteiger partial charge in [0.25, 0.3) is 5.22 Å². The Morgan fingerprint density at radius 1 is 1.36 bits per heavy atom. The molecule has 10 heteroatoms. The summed E-state index contributed by atoms with van der Waals surface area (Å²) in [6, 6.07) is 4.08. The van der Waals surface area contributed by atoms with E-state index in [2.05, 4.69) is 4.98 Å². The number of hydrogen-bond donors (Lipinski definition) is 2. The first-order chi connectivity index (χ1) is 10.2. The van der Waals surface area contributed by atoms with Crippen molar-refractivity contribution in [3.05, 3.63) is 18.2 Å². The van der Waals surface area contributed by atoms with Crippen LogP contribution in [0.25, 0.3) is 11.1 Å². The number of carbonyl (C=O) groups is 2. The van der Waals surface area contributed by atoms with Crippen molar-refractivity contribution in [2.24, 2.45) is 0 Å². The highest BCUT2D eigenvalue weighted by Gasteiger charge is 2.25. The SMILES string of the molecule is CS(=O)(=O)c1ccc2nc(SC(CC(=O)O)C(=O)O)oc2c1. The van der Waals surface area contributed by atoms with E-state index in [0.717, 1.165) is 6.26 Å². The van der Waals surface area contributed by atoms with E-state index in [4.69, 9.17) is 14.6 Å². The van der Waals surface area contributed by atoms with Crippen molar-refractivity contribution < 1.29 is 32.6 Å². The van der Waals surface area contributed by atoms with E-state index in [1.54, 1.807) is 0 Å². The van der Waals surface area contributed by atoms with Gasteiger partial charge < -0.3 is 14.6 Å². The highest BCUT2D eigenvalue weighted by Crippen LogP contribution is 2.29. The summed E-state index contributed by atoms with van der Waals surface area (Å²) in [5.41, 5.74) is 0.541. The van der Waals surface area contributed by atoms with Crippen molar-refractivity contribution in [3.8, 4) is 0 Å². The molecule has 118 valence electrons. The molecule has 0 aliphatic rings. The van der Waals surface area contributed by atoms with Gasteiger partial charge in [-0.1, -0.05) is 11.8 Å². The summed E-state index contributed by atoms with van der Waals surface area (Å²) in [6.07, 6.45) is 0.459. The lowest BCUT2D eigenvalue weighted by atomic mass is 10.3. The summed E-state index contributed by atoms with van der Waals surface area (Å²) in [5, 5.41) is 16.4. The Bertz CT molecular complexity index is 840. The van der Waals surface area contributed by atoms with Crippen LogP contribution in [0.15, 0.2) is 32.7 Å². The monoisotopic (exact) mass is 345 g/mol. The quantitative estimate of drug-likeness (QED) is 0.741. The molecule has 0 saturated carbocycles. The predicted molar refractivity (Wildman–Crippen MR) is 76.7 cm³/mol. The Hall–Kier alpha value is -2.07. The highest BCUT2D eigenvalue weighted by molar-refractivity contribution is 8.00. The summed E-state index contributed by atoms with van der Waals surface area (Å²) < 4.78 is 28.2. The van der Waals surface area contributed by atoms with Gasteiger partial charge in [0.2, 0.25) is 0 Å². The maximum absolute atomic E-state index is 11.5. The van der Waals surface area contributed by atoms with Crippen LogP contribution in [0.3, 0.4) is 0 Å². The van der Waals surface area contributed by atoms with Gasteiger partial charge in [-0.15, -0.1) is 0 Å². The number of fused-ring (bicyclic) bond motifs is 1. The van der Waals surface area contributed by atoms with Gasteiger partial charge in [-0.2, -0.15) is 0 Å². The Labute approximate surface area is 129 Å². The van der Waals surface area contributed by atoms with Crippen molar-refractivity contribution in [1.29, 1.82) is 0 Å². The topological polar surface area (TPSA) is 135 Å². The van der Waals surface area contributed by atoms with Gasteiger partial charge >= 0.3 is 11.9 Å². The average molecular weight is 345 g/mol. The number of sulfone groups is 1. The van der Waals surface area contributed by atoms with E-state index in [1.807, 2.05) is 0 Å². The normalized spacial score (nSPS) is 13.1. The number of rotatable bonds is 6. The minimum absolute atomic E-state index is 0.0331. The molecule has 0 aliphatic carbocycles. The fourth-order valence-electron chi connectivity index (χ4n) is 1.62. The molecule has 0 fully saturated rings. The molecule has 8 nitrogen and oxygen atoms in total. The minimum Gasteiger partial charge on any atom is -0.481 e. The van der Waals surface area contributed by atoms with Gasteiger partial charge in [0.1, 0.15) is 10.8 Å². The molecule has 2 N–H and O–H groups in total. The number of carboxylic acid groups (broad SMARTS) is 2. The van der Waals surface area contributed by atoms with E-state index in [0.29, 0.717) is 17.3 Å². The molecule has 0 bridgehead atoms. The summed E-state index contributed by atoms with van der Waals surface area (Å²) in [6.45, 7) is 0. The average Bonchev–Trinajstić information content (AvgIpc) is 2.77. The second-order valence-electron chi connectivity index (χ2n) is 4.42. The van der Waals surface area contributed by atoms with Crippen LogP contribution in [0.1, 0.15) is 6.42 Å². The third kappa shape index (κ3) is 3.77. The van der Waals surface area contributed by atoms with Crippen molar-refractivity contribution in [2.45, 2.75) is 21.8 Å². The Morgan fingerprint density at radius 3 is 2.59 bits per heavy atom. The molecule has 0 amide bonds. The fourth-order valence-corrected chi connectivity index (χ4v) is 3.12. The highest BCUT2D eigenvalue weighted by atomic mass is 32.2. The number of oxazole rings is 1. The number of carboxylic acids is 2. The van der Waals surface area contributed by atoms with Crippen LogP contribution >= 0.6 is 11.8 Å². The number of aromatic nitrogens is 1. The van der Waals surface area contributed by atoms with Crippen LogP contribution in [0.5, 0.6) is 0 Å². The smallest absolute Gasteiger partial charge is 0.317 e. The summed E-state index contributed by atoms with van der Waals surface area (Å²) in [7, 11) is -3.40. The first-order valence-corrected chi connectivity index (χ1v) is 8.66. The molecule has 1 aromatic carbocycles. The van der Waals surface area contributed by atoms with Crippen molar-refractivity contribution >= 4 is 44.6 Å². The Balaban J connectivity index is 2.33. The second-order valence-corrected chi connectivity index (χ2v) is 7.59. The predicted octanol–water partition coefficient (Wildman–Crippen LogP) is 1.25. The van der Waals surface area contributed by atoms with Gasteiger partial charge in [0, 0.05) is 12.3 Å². The third-order valence-electron chi connectivity index (χ3n) is 2.65. The molecule has 22 heavy (non-hydrogen) atoms. The molecule has 0 saturated heterocycles. The number of benzene rings is 1. The van der Waals surface area contributed by atoms with Crippen LogP contribution < -0.4 is 0 Å². The first-order valence-electron chi connectivity index (χ1n) is 5.88. The standard InChI is InChI=1S/C12H11NO7S2/c1-22(18,19)6-2-3-7-8(4-6)20-12(13-7)21-9(11(16)17)5-10(14)15/h2-4,9H,5H2,1H3,(H,14,15)(H,16,17). The maximum atomic E-state index is 11.5. The van der Waals surface area contributed by atoms with E-state index < -0.39 is 33.4 Å². The number of nitrogens with zero attached hydrogens (tertiary/aromatic N) is 1. The first kappa shape index (κ1) is 16.3. The van der Waals surface area contributed by atoms with Gasteiger partial charge in [0.15, 0.2) is 15.4 Å². The van der Waals surface area contributed by atoms with Crippen molar-refractivity contribution in [1.82, 2.24) is 4.98 Å². The third-order valence-corrected chi connectivity index (χ3v) is 4.79. The molecule has 0 radical (unpaired) electrons. The fraction of sp³-hybridized carbons (Fsp3) is 0.250. The molecule has 1 heterocycles. The summed E-state index contributed by atoms with van der Waals surface area (Å²) in [5.74, 6) is -2.55. The van der Waals surface area contributed by atoms with Gasteiger partial charge in [-0.05, 0) is 12.1 Å². The van der Waals surface area contributed by atoms with E-state index in [-0.39, 0.29) is 15.7 Å². The number of hydrogen-bond acceptors (Lipinski definition) is 7. The zero-order valence-electron chi connectivity index (χ0n) is 11.2. The molecule has 1 unspecified atom stereocenters. The molecule has 1 atom stereocenters. The van der Waals surface area contributed by atoms with Crippen LogP contribution in [0.2, 0.25) is 0 Å². The molecule has 0 spiro atoms. The lowest BCUT2D eigenvalue weighted by Crippen LogP contribution is -2.20. The second kappa shape index (κ2) is 5.97. The number of thioether (sulfide) groups is 1. The summed E-state index contributed by atoms with van der Waals surface area (Å²) in [4.78, 5) is 25.7. The molecule has 2 aromatic rings.